The quantitative estimate of drug-likeness (QED) is 0.604. The summed E-state index contributed by atoms with van der Waals surface area (Å²) in [5.41, 5.74) is 3.47. The topological polar surface area (TPSA) is 34.9 Å². The molecule has 0 bridgehead atoms. The summed E-state index contributed by atoms with van der Waals surface area (Å²) in [6.45, 7) is 4.99. The Morgan fingerprint density at radius 2 is 1.96 bits per heavy atom. The molecule has 0 amide bonds. The lowest BCUT2D eigenvalue weighted by atomic mass is 9.48. The van der Waals surface area contributed by atoms with E-state index >= 15 is 0 Å². The van der Waals surface area contributed by atoms with Crippen molar-refractivity contribution in [2.45, 2.75) is 71.6 Å². The molecule has 4 aliphatic rings. The molecule has 3 nitrogen and oxygen atoms in total. The highest BCUT2D eigenvalue weighted by Crippen LogP contribution is 2.65. The molecule has 1 aromatic rings. The van der Waals surface area contributed by atoms with E-state index in [9.17, 15) is 4.79 Å². The summed E-state index contributed by atoms with van der Waals surface area (Å²) in [4.78, 5) is 16.6. The van der Waals surface area contributed by atoms with Gasteiger partial charge in [-0.2, -0.15) is 0 Å². The standard InChI is InChI=1S/C24H32N2O/c1-23-11-4-3-5-18(27)15-17(23)6-7-19-20-8-9-22(26-14-13-25-16-26)24(20,2)12-10-21(19)23/h6,9,13-14,16,19-21H,3-5,7-8,10-12,15H2,1-2H3/t19-,20-,21-,23-,24-/m0/s1. The van der Waals surface area contributed by atoms with Crippen LogP contribution in [0.3, 0.4) is 0 Å². The normalized spacial score (nSPS) is 41.6. The molecule has 0 N–H and O–H groups in total. The maximum absolute atomic E-state index is 12.3. The number of allylic oxidation sites excluding steroid dienone is 4. The minimum Gasteiger partial charge on any atom is -0.310 e. The number of nitrogens with zero attached hydrogens (tertiary/aromatic N) is 2. The molecule has 1 aromatic heterocycles. The molecular weight excluding hydrogens is 332 g/mol. The van der Waals surface area contributed by atoms with Crippen molar-refractivity contribution < 1.29 is 4.79 Å². The Morgan fingerprint density at radius 1 is 1.07 bits per heavy atom. The van der Waals surface area contributed by atoms with Gasteiger partial charge in [-0.25, -0.2) is 4.98 Å². The number of Topliss-reactive ketones (excluding diaryl/α,β-unsaturated/α-hetero) is 1. The van der Waals surface area contributed by atoms with Gasteiger partial charge in [-0.3, -0.25) is 4.79 Å². The molecule has 0 aromatic carbocycles. The van der Waals surface area contributed by atoms with E-state index in [1.54, 1.807) is 0 Å². The molecule has 0 saturated heterocycles. The summed E-state index contributed by atoms with van der Waals surface area (Å²) in [6, 6.07) is 0. The van der Waals surface area contributed by atoms with Gasteiger partial charge in [0.1, 0.15) is 5.78 Å². The van der Waals surface area contributed by atoms with Gasteiger partial charge in [0.2, 0.25) is 0 Å². The van der Waals surface area contributed by atoms with Gasteiger partial charge in [-0.1, -0.05) is 38.0 Å². The fraction of sp³-hybridized carbons (Fsp3) is 0.667. The molecule has 2 fully saturated rings. The van der Waals surface area contributed by atoms with Crippen LogP contribution in [0.5, 0.6) is 0 Å². The Balaban J connectivity index is 1.48. The van der Waals surface area contributed by atoms with Crippen LogP contribution in [-0.2, 0) is 4.79 Å². The number of fused-ring (bicyclic) bond motifs is 5. The first-order valence-electron chi connectivity index (χ1n) is 10.9. The van der Waals surface area contributed by atoms with Gasteiger partial charge in [0.05, 0.1) is 6.33 Å². The predicted molar refractivity (Wildman–Crippen MR) is 108 cm³/mol. The minimum absolute atomic E-state index is 0.248. The molecule has 2 saturated carbocycles. The molecule has 0 spiro atoms. The van der Waals surface area contributed by atoms with Gasteiger partial charge in [0, 0.05) is 36.3 Å². The van der Waals surface area contributed by atoms with Crippen molar-refractivity contribution in [2.24, 2.45) is 28.6 Å². The number of hydrogen-bond donors (Lipinski definition) is 0. The minimum atomic E-state index is 0.248. The SMILES string of the molecule is C[C@]12CCCCC(=O)CC1=CC[C@@H]1[C@@H]2CC[C@]2(C)C(n3ccnc3)=CC[C@@H]12. The summed E-state index contributed by atoms with van der Waals surface area (Å²) in [5, 5.41) is 0. The fourth-order valence-electron chi connectivity index (χ4n) is 7.24. The van der Waals surface area contributed by atoms with E-state index in [0.717, 1.165) is 37.0 Å². The van der Waals surface area contributed by atoms with Gasteiger partial charge in [0.25, 0.3) is 0 Å². The van der Waals surface area contributed by atoms with Crippen LogP contribution in [0.4, 0.5) is 0 Å². The largest absolute Gasteiger partial charge is 0.310 e. The number of rotatable bonds is 1. The Hall–Kier alpha value is -1.64. The fourth-order valence-corrected chi connectivity index (χ4v) is 7.24. The smallest absolute Gasteiger partial charge is 0.136 e. The summed E-state index contributed by atoms with van der Waals surface area (Å²) in [5.74, 6) is 2.70. The molecule has 0 aliphatic heterocycles. The molecule has 27 heavy (non-hydrogen) atoms. The second-order valence-corrected chi connectivity index (χ2v) is 9.93. The number of hydrogen-bond acceptors (Lipinski definition) is 2. The molecule has 4 aliphatic carbocycles. The van der Waals surface area contributed by atoms with E-state index in [1.807, 2.05) is 12.5 Å². The summed E-state index contributed by atoms with van der Waals surface area (Å²) in [7, 11) is 0. The number of ketones is 1. The van der Waals surface area contributed by atoms with Crippen LogP contribution in [-0.4, -0.2) is 15.3 Å². The predicted octanol–water partition coefficient (Wildman–Crippen LogP) is 5.65. The van der Waals surface area contributed by atoms with Crippen LogP contribution in [0.25, 0.3) is 5.70 Å². The van der Waals surface area contributed by atoms with Crippen molar-refractivity contribution in [3.63, 3.8) is 0 Å². The highest BCUT2D eigenvalue weighted by molar-refractivity contribution is 5.81. The summed E-state index contributed by atoms with van der Waals surface area (Å²) in [6.07, 6.45) is 21.0. The molecule has 0 radical (unpaired) electrons. The lowest BCUT2D eigenvalue weighted by Crippen LogP contribution is -2.48. The van der Waals surface area contributed by atoms with Gasteiger partial charge in [-0.05, 0) is 61.7 Å². The third-order valence-electron chi connectivity index (χ3n) is 8.74. The van der Waals surface area contributed by atoms with Crippen LogP contribution >= 0.6 is 0 Å². The zero-order valence-corrected chi connectivity index (χ0v) is 16.8. The average Bonchev–Trinajstić information content (AvgIpc) is 3.27. The van der Waals surface area contributed by atoms with E-state index in [-0.39, 0.29) is 10.8 Å². The van der Waals surface area contributed by atoms with Crippen LogP contribution in [0.1, 0.15) is 71.6 Å². The molecule has 3 heteroatoms. The Morgan fingerprint density at radius 3 is 2.78 bits per heavy atom. The summed E-state index contributed by atoms with van der Waals surface area (Å²) < 4.78 is 2.25. The van der Waals surface area contributed by atoms with E-state index in [4.69, 9.17) is 0 Å². The van der Waals surface area contributed by atoms with Crippen molar-refractivity contribution in [3.8, 4) is 0 Å². The maximum Gasteiger partial charge on any atom is 0.136 e. The first-order valence-corrected chi connectivity index (χ1v) is 10.9. The van der Waals surface area contributed by atoms with Crippen molar-refractivity contribution in [2.75, 3.05) is 0 Å². The van der Waals surface area contributed by atoms with Crippen molar-refractivity contribution in [1.82, 2.24) is 9.55 Å². The molecule has 5 atom stereocenters. The lowest BCUT2D eigenvalue weighted by Gasteiger charge is -2.56. The van der Waals surface area contributed by atoms with Crippen LogP contribution in [0.15, 0.2) is 36.4 Å². The first kappa shape index (κ1) is 17.5. The zero-order valence-electron chi connectivity index (χ0n) is 16.8. The number of aromatic nitrogens is 2. The second kappa shape index (κ2) is 6.18. The van der Waals surface area contributed by atoms with Crippen molar-refractivity contribution in [3.05, 3.63) is 36.4 Å². The molecular formula is C24H32N2O. The molecule has 5 rings (SSSR count). The van der Waals surface area contributed by atoms with Gasteiger partial charge < -0.3 is 4.57 Å². The van der Waals surface area contributed by atoms with Crippen LogP contribution in [0.2, 0.25) is 0 Å². The van der Waals surface area contributed by atoms with Gasteiger partial charge >= 0.3 is 0 Å². The van der Waals surface area contributed by atoms with E-state index in [1.165, 1.54) is 49.8 Å². The Kier molecular flexibility index (Phi) is 4.00. The average molecular weight is 365 g/mol. The summed E-state index contributed by atoms with van der Waals surface area (Å²) >= 11 is 0. The Labute approximate surface area is 162 Å². The van der Waals surface area contributed by atoms with E-state index in [0.29, 0.717) is 5.78 Å². The highest BCUT2D eigenvalue weighted by Gasteiger charge is 2.56. The first-order chi connectivity index (χ1) is 13.0. The van der Waals surface area contributed by atoms with E-state index < -0.39 is 0 Å². The number of carbonyl (C=O) groups is 1. The Bertz CT molecular complexity index is 804. The van der Waals surface area contributed by atoms with Crippen LogP contribution in [0, 0.1) is 28.6 Å². The molecule has 144 valence electrons. The molecule has 0 unspecified atom stereocenters. The third-order valence-corrected chi connectivity index (χ3v) is 8.74. The highest BCUT2D eigenvalue weighted by atomic mass is 16.1. The van der Waals surface area contributed by atoms with Crippen molar-refractivity contribution >= 4 is 11.5 Å². The maximum atomic E-state index is 12.3. The third kappa shape index (κ3) is 2.53. The molecule has 1 heterocycles. The number of carbonyl (C=O) groups excluding carboxylic acids is 1. The van der Waals surface area contributed by atoms with Gasteiger partial charge in [0.15, 0.2) is 0 Å². The lowest BCUT2D eigenvalue weighted by molar-refractivity contribution is -0.119. The van der Waals surface area contributed by atoms with Crippen LogP contribution < -0.4 is 0 Å². The zero-order chi connectivity index (χ0) is 18.6. The number of imidazole rings is 1. The van der Waals surface area contributed by atoms with Crippen molar-refractivity contribution in [1.29, 1.82) is 0 Å². The van der Waals surface area contributed by atoms with Gasteiger partial charge in [-0.15, -0.1) is 0 Å². The monoisotopic (exact) mass is 364 g/mol. The second-order valence-electron chi connectivity index (χ2n) is 9.93. The van der Waals surface area contributed by atoms with E-state index in [2.05, 4.69) is 41.7 Å².